The number of aromatic hydroxyl groups is 1. The number of hydrogen-bond donors (Lipinski definition) is 2. The van der Waals surface area contributed by atoms with Gasteiger partial charge in [-0.05, 0) is 45.6 Å². The largest absolute Gasteiger partial charge is 0.504 e. The number of hydrogen-bond acceptors (Lipinski definition) is 2. The van der Waals surface area contributed by atoms with Crippen LogP contribution in [-0.2, 0) is 11.0 Å². The molecule has 2 atom stereocenters. The van der Waals surface area contributed by atoms with Crippen LogP contribution in [0.25, 0.3) is 0 Å². The monoisotopic (exact) mass is 319 g/mol. The third-order valence-corrected chi connectivity index (χ3v) is 5.20. The third-order valence-electron chi connectivity index (χ3n) is 3.32. The van der Waals surface area contributed by atoms with Gasteiger partial charge >= 0.3 is 0 Å². The van der Waals surface area contributed by atoms with Gasteiger partial charge in [0.25, 0.3) is 0 Å². The summed E-state index contributed by atoms with van der Waals surface area (Å²) >= 11 is 5.69. The van der Waals surface area contributed by atoms with E-state index in [-0.39, 0.29) is 17.0 Å². The second kappa shape index (κ2) is 5.62. The average molecular weight is 320 g/mol. The molecule has 0 unspecified atom stereocenters. The molecular weight excluding hydrogens is 301 g/mol. The summed E-state index contributed by atoms with van der Waals surface area (Å²) in [5, 5.41) is 9.61. The Morgan fingerprint density at radius 2 is 2.05 bits per heavy atom. The van der Waals surface area contributed by atoms with Gasteiger partial charge in [-0.1, -0.05) is 17.7 Å². The van der Waals surface area contributed by atoms with Gasteiger partial charge in [-0.25, -0.2) is 13.3 Å². The van der Waals surface area contributed by atoms with E-state index in [0.717, 1.165) is 12.8 Å². The van der Waals surface area contributed by atoms with E-state index in [0.29, 0.717) is 5.56 Å². The standard InChI is InChI=1S/C14H19ClFNO2S/c1-14(2,3)20(19)17-12(8-4-5-8)9-6-7-10(15)13(18)11(9)16/h6-8,12,17-18H,4-5H2,1-3H3/t12-,20-/m1/s1. The topological polar surface area (TPSA) is 49.3 Å². The predicted octanol–water partition coefficient (Wildman–Crippen LogP) is 3.69. The first kappa shape index (κ1) is 15.7. The molecule has 1 aromatic carbocycles. The fraction of sp³-hybridized carbons (Fsp3) is 0.571. The lowest BCUT2D eigenvalue weighted by molar-refractivity contribution is 0.420. The quantitative estimate of drug-likeness (QED) is 0.889. The molecule has 0 bridgehead atoms. The molecule has 0 aliphatic heterocycles. The zero-order valence-electron chi connectivity index (χ0n) is 11.7. The molecule has 0 saturated heterocycles. The summed E-state index contributed by atoms with van der Waals surface area (Å²) in [6, 6.07) is 2.65. The average Bonchev–Trinajstić information content (AvgIpc) is 3.17. The number of phenols is 1. The van der Waals surface area contributed by atoms with Crippen molar-refractivity contribution >= 4 is 22.6 Å². The van der Waals surface area contributed by atoms with Gasteiger partial charge in [-0.3, -0.25) is 0 Å². The van der Waals surface area contributed by atoms with E-state index >= 15 is 0 Å². The Bertz CT molecular complexity index is 541. The number of phenolic OH excluding ortho intramolecular Hbond substituents is 1. The highest BCUT2D eigenvalue weighted by atomic mass is 35.5. The first-order valence-electron chi connectivity index (χ1n) is 6.56. The molecule has 1 aromatic rings. The first-order valence-corrected chi connectivity index (χ1v) is 8.09. The fourth-order valence-electron chi connectivity index (χ4n) is 1.93. The molecule has 6 heteroatoms. The highest BCUT2D eigenvalue weighted by Crippen LogP contribution is 2.44. The van der Waals surface area contributed by atoms with Crippen molar-refractivity contribution in [3.8, 4) is 5.75 Å². The van der Waals surface area contributed by atoms with Crippen LogP contribution in [0.5, 0.6) is 5.75 Å². The lowest BCUT2D eigenvalue weighted by atomic mass is 10.0. The van der Waals surface area contributed by atoms with Gasteiger partial charge in [0.1, 0.15) is 0 Å². The molecule has 0 amide bonds. The lowest BCUT2D eigenvalue weighted by Gasteiger charge is -2.25. The Morgan fingerprint density at radius 1 is 1.45 bits per heavy atom. The molecule has 1 fully saturated rings. The molecule has 112 valence electrons. The summed E-state index contributed by atoms with van der Waals surface area (Å²) in [4.78, 5) is 0. The zero-order chi connectivity index (χ0) is 15.1. The van der Waals surface area contributed by atoms with Gasteiger partial charge in [0.15, 0.2) is 11.6 Å². The van der Waals surface area contributed by atoms with Gasteiger partial charge in [-0.2, -0.15) is 0 Å². The molecule has 0 aromatic heterocycles. The summed E-state index contributed by atoms with van der Waals surface area (Å²) in [5.41, 5.74) is 0.326. The van der Waals surface area contributed by atoms with Crippen LogP contribution >= 0.6 is 11.6 Å². The first-order chi connectivity index (χ1) is 9.21. The molecule has 2 rings (SSSR count). The minimum atomic E-state index is -1.30. The number of halogens is 2. The fourth-order valence-corrected chi connectivity index (χ4v) is 2.98. The second-order valence-corrected chi connectivity index (χ2v) is 8.52. The lowest BCUT2D eigenvalue weighted by Crippen LogP contribution is -2.36. The van der Waals surface area contributed by atoms with Crippen LogP contribution in [0.1, 0.15) is 45.2 Å². The maximum absolute atomic E-state index is 14.2. The van der Waals surface area contributed by atoms with E-state index in [1.807, 2.05) is 20.8 Å². The molecule has 0 radical (unpaired) electrons. The third kappa shape index (κ3) is 3.32. The molecule has 20 heavy (non-hydrogen) atoms. The molecule has 3 nitrogen and oxygen atoms in total. The van der Waals surface area contributed by atoms with Crippen molar-refractivity contribution in [3.05, 3.63) is 28.5 Å². The SMILES string of the molecule is CC(C)(C)[S@@](=O)N[C@@H](c1ccc(Cl)c(O)c1F)C1CC1. The normalized spacial score (nSPS) is 18.9. The maximum atomic E-state index is 14.2. The van der Waals surface area contributed by atoms with E-state index in [9.17, 15) is 13.7 Å². The van der Waals surface area contributed by atoms with Gasteiger partial charge in [0.05, 0.1) is 26.8 Å². The second-order valence-electron chi connectivity index (χ2n) is 6.11. The van der Waals surface area contributed by atoms with Crippen molar-refractivity contribution in [1.82, 2.24) is 4.72 Å². The number of nitrogens with one attached hydrogen (secondary N) is 1. The zero-order valence-corrected chi connectivity index (χ0v) is 13.3. The van der Waals surface area contributed by atoms with Crippen molar-refractivity contribution in [2.45, 2.75) is 44.4 Å². The van der Waals surface area contributed by atoms with Crippen LogP contribution in [0.4, 0.5) is 4.39 Å². The van der Waals surface area contributed by atoms with E-state index in [1.165, 1.54) is 6.07 Å². The molecule has 0 spiro atoms. The van der Waals surface area contributed by atoms with E-state index in [4.69, 9.17) is 11.6 Å². The summed E-state index contributed by atoms with van der Waals surface area (Å²) in [7, 11) is -1.30. The summed E-state index contributed by atoms with van der Waals surface area (Å²) in [5.74, 6) is -1.03. The Kier molecular flexibility index (Phi) is 4.42. The summed E-state index contributed by atoms with van der Waals surface area (Å²) in [6.45, 7) is 5.57. The summed E-state index contributed by atoms with van der Waals surface area (Å²) in [6.07, 6.45) is 1.92. The van der Waals surface area contributed by atoms with Crippen LogP contribution in [0.15, 0.2) is 12.1 Å². The van der Waals surface area contributed by atoms with Gasteiger partial charge in [0, 0.05) is 5.56 Å². The number of benzene rings is 1. The molecule has 1 aliphatic carbocycles. The van der Waals surface area contributed by atoms with Crippen molar-refractivity contribution < 1.29 is 13.7 Å². The molecule has 2 N–H and O–H groups in total. The van der Waals surface area contributed by atoms with Gasteiger partial charge in [-0.15, -0.1) is 0 Å². The maximum Gasteiger partial charge on any atom is 0.171 e. The van der Waals surface area contributed by atoms with Crippen molar-refractivity contribution in [2.75, 3.05) is 0 Å². The van der Waals surface area contributed by atoms with Crippen LogP contribution in [0, 0.1) is 11.7 Å². The van der Waals surface area contributed by atoms with Crippen LogP contribution < -0.4 is 4.72 Å². The van der Waals surface area contributed by atoms with Crippen molar-refractivity contribution in [3.63, 3.8) is 0 Å². The van der Waals surface area contributed by atoms with Gasteiger partial charge in [0.2, 0.25) is 0 Å². The predicted molar refractivity (Wildman–Crippen MR) is 79.6 cm³/mol. The highest BCUT2D eigenvalue weighted by molar-refractivity contribution is 7.84. The van der Waals surface area contributed by atoms with Crippen molar-refractivity contribution in [1.29, 1.82) is 0 Å². The molecular formula is C14H19ClFNO2S. The van der Waals surface area contributed by atoms with Crippen molar-refractivity contribution in [2.24, 2.45) is 5.92 Å². The smallest absolute Gasteiger partial charge is 0.171 e. The van der Waals surface area contributed by atoms with E-state index in [1.54, 1.807) is 6.07 Å². The Labute approximate surface area is 126 Å². The Balaban J connectivity index is 2.31. The molecule has 1 saturated carbocycles. The minimum absolute atomic E-state index is 0.0160. The number of rotatable bonds is 4. The van der Waals surface area contributed by atoms with E-state index in [2.05, 4.69) is 4.72 Å². The van der Waals surface area contributed by atoms with Crippen LogP contribution in [0.3, 0.4) is 0 Å². The Hall–Kier alpha value is -0.650. The van der Waals surface area contributed by atoms with Crippen LogP contribution in [0.2, 0.25) is 5.02 Å². The summed E-state index contributed by atoms with van der Waals surface area (Å²) < 4.78 is 29.0. The molecule has 1 aliphatic rings. The Morgan fingerprint density at radius 3 is 2.55 bits per heavy atom. The van der Waals surface area contributed by atoms with Gasteiger partial charge < -0.3 is 5.11 Å². The van der Waals surface area contributed by atoms with E-state index < -0.39 is 27.3 Å². The minimum Gasteiger partial charge on any atom is -0.504 e. The van der Waals surface area contributed by atoms with Crippen LogP contribution in [-0.4, -0.2) is 14.1 Å². The molecule has 0 heterocycles. The highest BCUT2D eigenvalue weighted by Gasteiger charge is 2.37.